The summed E-state index contributed by atoms with van der Waals surface area (Å²) in [4.78, 5) is 21.1. The summed E-state index contributed by atoms with van der Waals surface area (Å²) in [5.74, 6) is 0. The van der Waals surface area contributed by atoms with Crippen LogP contribution < -0.4 is 5.56 Å². The molecule has 1 aliphatic rings. The van der Waals surface area contributed by atoms with E-state index in [2.05, 4.69) is 26.8 Å². The van der Waals surface area contributed by atoms with Crippen LogP contribution in [-0.4, -0.2) is 68.3 Å². The van der Waals surface area contributed by atoms with Crippen LogP contribution in [0.3, 0.4) is 0 Å². The topological polar surface area (TPSA) is 76.9 Å². The fourth-order valence-corrected chi connectivity index (χ4v) is 3.08. The monoisotopic (exact) mass is 305 g/mol. The Morgan fingerprint density at radius 2 is 2.14 bits per heavy atom. The van der Waals surface area contributed by atoms with Gasteiger partial charge in [0.25, 0.3) is 5.56 Å². The zero-order chi connectivity index (χ0) is 15.5. The summed E-state index contributed by atoms with van der Waals surface area (Å²) in [6.45, 7) is 6.79. The van der Waals surface area contributed by atoms with Crippen LogP contribution in [0.1, 0.15) is 19.0 Å². The zero-order valence-corrected chi connectivity index (χ0v) is 12.9. The summed E-state index contributed by atoms with van der Waals surface area (Å²) in [6.07, 6.45) is 2.69. The number of H-pyrrole nitrogens is 1. The number of nitrogens with one attached hydrogen (secondary N) is 1. The van der Waals surface area contributed by atoms with Gasteiger partial charge in [0, 0.05) is 57.1 Å². The molecular weight excluding hydrogens is 282 g/mol. The number of aromatic amines is 1. The predicted molar refractivity (Wildman–Crippen MR) is 83.8 cm³/mol. The highest BCUT2D eigenvalue weighted by atomic mass is 16.3. The third-order valence-corrected chi connectivity index (χ3v) is 4.42. The van der Waals surface area contributed by atoms with Gasteiger partial charge in [0.1, 0.15) is 0 Å². The van der Waals surface area contributed by atoms with Crippen LogP contribution >= 0.6 is 0 Å². The van der Waals surface area contributed by atoms with Crippen LogP contribution in [0, 0.1) is 0 Å². The number of piperazine rings is 1. The number of nitrogens with zero attached hydrogens (tertiary/aromatic N) is 4. The summed E-state index contributed by atoms with van der Waals surface area (Å²) < 4.78 is 1.44. The first-order valence-corrected chi connectivity index (χ1v) is 7.84. The highest BCUT2D eigenvalue weighted by Crippen LogP contribution is 2.11. The normalized spacial score (nSPS) is 18.8. The molecular formula is C15H23N5O2. The lowest BCUT2D eigenvalue weighted by molar-refractivity contribution is 0.0604. The van der Waals surface area contributed by atoms with E-state index in [0.717, 1.165) is 38.3 Å². The molecule has 3 heterocycles. The van der Waals surface area contributed by atoms with Crippen molar-refractivity contribution in [3.8, 4) is 0 Å². The molecule has 0 spiro atoms. The van der Waals surface area contributed by atoms with Crippen LogP contribution in [-0.2, 0) is 6.54 Å². The van der Waals surface area contributed by atoms with E-state index >= 15 is 0 Å². The Kier molecular flexibility index (Phi) is 4.56. The van der Waals surface area contributed by atoms with E-state index in [-0.39, 0.29) is 18.2 Å². The van der Waals surface area contributed by atoms with Gasteiger partial charge in [-0.15, -0.1) is 0 Å². The van der Waals surface area contributed by atoms with Gasteiger partial charge < -0.3 is 5.11 Å². The molecule has 7 heteroatoms. The zero-order valence-electron chi connectivity index (χ0n) is 12.9. The summed E-state index contributed by atoms with van der Waals surface area (Å²) in [5, 5.41) is 12.2. The fourth-order valence-electron chi connectivity index (χ4n) is 3.08. The van der Waals surface area contributed by atoms with Crippen LogP contribution in [0.2, 0.25) is 0 Å². The molecule has 0 aromatic carbocycles. The SMILES string of the molecule is CCC(CO)N1CCN(Cc2cc(=O)n3[nH]ccc3n2)CC1. The molecule has 120 valence electrons. The molecule has 1 atom stereocenters. The van der Waals surface area contributed by atoms with Gasteiger partial charge >= 0.3 is 0 Å². The van der Waals surface area contributed by atoms with Gasteiger partial charge in [-0.1, -0.05) is 6.92 Å². The van der Waals surface area contributed by atoms with E-state index in [1.54, 1.807) is 18.3 Å². The number of fused-ring (bicyclic) bond motifs is 1. The maximum absolute atomic E-state index is 12.0. The Labute approximate surface area is 129 Å². The second-order valence-corrected chi connectivity index (χ2v) is 5.80. The minimum Gasteiger partial charge on any atom is -0.395 e. The van der Waals surface area contributed by atoms with E-state index in [4.69, 9.17) is 0 Å². The van der Waals surface area contributed by atoms with Crippen molar-refractivity contribution in [1.82, 2.24) is 24.4 Å². The van der Waals surface area contributed by atoms with Crippen molar-refractivity contribution < 1.29 is 5.11 Å². The van der Waals surface area contributed by atoms with Crippen molar-refractivity contribution in [1.29, 1.82) is 0 Å². The summed E-state index contributed by atoms with van der Waals surface area (Å²) >= 11 is 0. The summed E-state index contributed by atoms with van der Waals surface area (Å²) in [5.41, 5.74) is 1.40. The van der Waals surface area contributed by atoms with Gasteiger partial charge in [0.2, 0.25) is 0 Å². The lowest BCUT2D eigenvalue weighted by Gasteiger charge is -2.38. The van der Waals surface area contributed by atoms with E-state index in [0.29, 0.717) is 12.2 Å². The Hall–Kier alpha value is -1.70. The molecule has 1 fully saturated rings. The van der Waals surface area contributed by atoms with E-state index in [9.17, 15) is 9.90 Å². The molecule has 0 bridgehead atoms. The van der Waals surface area contributed by atoms with Crippen molar-refractivity contribution in [2.45, 2.75) is 25.9 Å². The Balaban J connectivity index is 1.63. The van der Waals surface area contributed by atoms with E-state index in [1.165, 1.54) is 4.52 Å². The quantitative estimate of drug-likeness (QED) is 0.807. The van der Waals surface area contributed by atoms with Gasteiger partial charge in [-0.2, -0.15) is 0 Å². The summed E-state index contributed by atoms with van der Waals surface area (Å²) in [7, 11) is 0. The Bertz CT molecular complexity index is 668. The Morgan fingerprint density at radius 3 is 2.82 bits per heavy atom. The van der Waals surface area contributed by atoms with Gasteiger partial charge in [-0.3, -0.25) is 19.7 Å². The molecule has 0 aliphatic carbocycles. The number of aliphatic hydroxyl groups excluding tert-OH is 1. The standard InChI is InChI=1S/C15H23N5O2/c1-2-13(11-21)19-7-5-18(6-8-19)10-12-9-15(22)20-14(17-12)3-4-16-20/h3-4,9,13,16,21H,2,5-8,10-11H2,1H3. The predicted octanol–water partition coefficient (Wildman–Crippen LogP) is -0.0889. The maximum atomic E-state index is 12.0. The first-order chi connectivity index (χ1) is 10.7. The third-order valence-electron chi connectivity index (χ3n) is 4.42. The molecule has 2 aromatic rings. The Morgan fingerprint density at radius 1 is 1.36 bits per heavy atom. The molecule has 22 heavy (non-hydrogen) atoms. The molecule has 0 radical (unpaired) electrons. The van der Waals surface area contributed by atoms with Crippen molar-refractivity contribution in [3.63, 3.8) is 0 Å². The minimum atomic E-state index is -0.0741. The average molecular weight is 305 g/mol. The molecule has 0 saturated carbocycles. The molecule has 1 aliphatic heterocycles. The first kappa shape index (κ1) is 15.2. The molecule has 7 nitrogen and oxygen atoms in total. The molecule has 0 amide bonds. The van der Waals surface area contributed by atoms with Crippen molar-refractivity contribution >= 4 is 5.65 Å². The van der Waals surface area contributed by atoms with Crippen molar-refractivity contribution in [3.05, 3.63) is 34.4 Å². The van der Waals surface area contributed by atoms with E-state index < -0.39 is 0 Å². The smallest absolute Gasteiger partial charge is 0.272 e. The molecule has 2 N–H and O–H groups in total. The van der Waals surface area contributed by atoms with Crippen molar-refractivity contribution in [2.75, 3.05) is 32.8 Å². The van der Waals surface area contributed by atoms with Gasteiger partial charge in [0.05, 0.1) is 12.3 Å². The number of hydrogen-bond donors (Lipinski definition) is 2. The van der Waals surface area contributed by atoms with Gasteiger partial charge in [-0.05, 0) is 6.42 Å². The third kappa shape index (κ3) is 3.06. The average Bonchev–Trinajstić information content (AvgIpc) is 2.99. The first-order valence-electron chi connectivity index (χ1n) is 7.84. The number of hydrogen-bond acceptors (Lipinski definition) is 5. The second-order valence-electron chi connectivity index (χ2n) is 5.80. The largest absolute Gasteiger partial charge is 0.395 e. The fraction of sp³-hybridized carbons (Fsp3) is 0.600. The lowest BCUT2D eigenvalue weighted by atomic mass is 10.1. The van der Waals surface area contributed by atoms with Crippen LogP contribution in [0.15, 0.2) is 23.1 Å². The minimum absolute atomic E-state index is 0.0741. The van der Waals surface area contributed by atoms with Crippen LogP contribution in [0.25, 0.3) is 5.65 Å². The van der Waals surface area contributed by atoms with Crippen LogP contribution in [0.4, 0.5) is 0 Å². The van der Waals surface area contributed by atoms with Crippen molar-refractivity contribution in [2.24, 2.45) is 0 Å². The number of rotatable bonds is 5. The molecule has 1 saturated heterocycles. The second kappa shape index (κ2) is 6.60. The molecule has 1 unspecified atom stereocenters. The van der Waals surface area contributed by atoms with E-state index in [1.807, 2.05) is 0 Å². The molecule has 2 aromatic heterocycles. The summed E-state index contributed by atoms with van der Waals surface area (Å²) in [6, 6.07) is 3.66. The van der Waals surface area contributed by atoms with Gasteiger partial charge in [-0.25, -0.2) is 9.50 Å². The van der Waals surface area contributed by atoms with Crippen LogP contribution in [0.5, 0.6) is 0 Å². The molecule has 3 rings (SSSR count). The van der Waals surface area contributed by atoms with Gasteiger partial charge in [0.15, 0.2) is 5.65 Å². The number of aliphatic hydroxyl groups is 1. The highest BCUT2D eigenvalue weighted by Gasteiger charge is 2.22. The highest BCUT2D eigenvalue weighted by molar-refractivity contribution is 5.36. The maximum Gasteiger partial charge on any atom is 0.272 e. The number of aromatic nitrogens is 3. The lowest BCUT2D eigenvalue weighted by Crippen LogP contribution is -2.50.